The van der Waals surface area contributed by atoms with Crippen LogP contribution in [0.15, 0.2) is 64.4 Å². The van der Waals surface area contributed by atoms with Gasteiger partial charge in [-0.2, -0.15) is 4.68 Å². The molecule has 3 heterocycles. The summed E-state index contributed by atoms with van der Waals surface area (Å²) in [6.45, 7) is 1.83. The number of rotatable bonds is 3. The van der Waals surface area contributed by atoms with Crippen LogP contribution in [0.4, 0.5) is 11.8 Å². The van der Waals surface area contributed by atoms with E-state index in [1.165, 1.54) is 0 Å². The topological polar surface area (TPSA) is 97.6 Å². The van der Waals surface area contributed by atoms with Crippen molar-refractivity contribution < 1.29 is 4.79 Å². The van der Waals surface area contributed by atoms with Crippen LogP contribution in [-0.4, -0.2) is 31.1 Å². The van der Waals surface area contributed by atoms with Crippen LogP contribution >= 0.6 is 15.9 Å². The fraction of sp³-hybridized carbons (Fsp3) is 0.118. The molecule has 2 N–H and O–H groups in total. The Kier molecular flexibility index (Phi) is 4.21. The highest BCUT2D eigenvalue weighted by molar-refractivity contribution is 9.10. The Hall–Kier alpha value is -3.07. The second-order valence-corrected chi connectivity index (χ2v) is 6.65. The van der Waals surface area contributed by atoms with Gasteiger partial charge in [0.25, 0.3) is 5.91 Å². The average molecular weight is 412 g/mol. The molecule has 0 spiro atoms. The van der Waals surface area contributed by atoms with E-state index in [9.17, 15) is 4.79 Å². The van der Waals surface area contributed by atoms with E-state index in [4.69, 9.17) is 0 Å². The Morgan fingerprint density at radius 1 is 1.23 bits per heavy atom. The maximum Gasteiger partial charge on any atom is 0.257 e. The molecule has 9 heteroatoms. The highest BCUT2D eigenvalue weighted by atomic mass is 79.9. The molecule has 1 atom stereocenters. The van der Waals surface area contributed by atoms with Gasteiger partial charge in [-0.15, -0.1) is 0 Å². The SMILES string of the molecule is CC1=C(C(=O)Nc2ccccn2)C(c2ccc(Br)cc2)n2nnnc2N1. The van der Waals surface area contributed by atoms with Crippen molar-refractivity contribution in [3.05, 3.63) is 70.0 Å². The van der Waals surface area contributed by atoms with Gasteiger partial charge in [-0.3, -0.25) is 4.79 Å². The first-order valence-electron chi connectivity index (χ1n) is 7.87. The fourth-order valence-corrected chi connectivity index (χ4v) is 3.14. The van der Waals surface area contributed by atoms with Gasteiger partial charge in [0, 0.05) is 16.4 Å². The maximum atomic E-state index is 13.0. The molecule has 2 aromatic heterocycles. The summed E-state index contributed by atoms with van der Waals surface area (Å²) in [7, 11) is 0. The summed E-state index contributed by atoms with van der Waals surface area (Å²) in [5.74, 6) is 0.711. The lowest BCUT2D eigenvalue weighted by molar-refractivity contribution is -0.113. The first-order valence-corrected chi connectivity index (χ1v) is 8.66. The van der Waals surface area contributed by atoms with Crippen LogP contribution in [-0.2, 0) is 4.79 Å². The summed E-state index contributed by atoms with van der Waals surface area (Å²) < 4.78 is 2.55. The number of nitrogens with zero attached hydrogens (tertiary/aromatic N) is 5. The number of pyridine rings is 1. The third-order valence-corrected chi connectivity index (χ3v) is 4.58. The van der Waals surface area contributed by atoms with Crippen LogP contribution in [0.2, 0.25) is 0 Å². The van der Waals surface area contributed by atoms with Gasteiger partial charge in [-0.1, -0.05) is 39.2 Å². The number of halogens is 1. The standard InChI is InChI=1S/C17H14BrN7O/c1-10-14(16(26)21-13-4-2-3-9-19-13)15(11-5-7-12(18)8-6-11)25-17(20-10)22-23-24-25/h2-9,15H,1H3,(H,19,21,26)(H,20,22,24). The van der Waals surface area contributed by atoms with Crippen LogP contribution in [0.1, 0.15) is 18.5 Å². The quantitative estimate of drug-likeness (QED) is 0.687. The number of fused-ring (bicyclic) bond motifs is 1. The summed E-state index contributed by atoms with van der Waals surface area (Å²) in [4.78, 5) is 17.2. The molecule has 4 rings (SSSR count). The monoisotopic (exact) mass is 411 g/mol. The van der Waals surface area contributed by atoms with Crippen molar-refractivity contribution >= 4 is 33.6 Å². The predicted molar refractivity (Wildman–Crippen MR) is 99.3 cm³/mol. The fourth-order valence-electron chi connectivity index (χ4n) is 2.88. The van der Waals surface area contributed by atoms with E-state index in [-0.39, 0.29) is 5.91 Å². The molecule has 26 heavy (non-hydrogen) atoms. The second kappa shape index (κ2) is 6.68. The van der Waals surface area contributed by atoms with Crippen molar-refractivity contribution in [3.8, 4) is 0 Å². The first kappa shape index (κ1) is 16.4. The summed E-state index contributed by atoms with van der Waals surface area (Å²) in [5, 5.41) is 17.7. The zero-order valence-electron chi connectivity index (χ0n) is 13.7. The van der Waals surface area contributed by atoms with Crippen molar-refractivity contribution in [1.82, 2.24) is 25.2 Å². The molecular weight excluding hydrogens is 398 g/mol. The van der Waals surface area contributed by atoms with E-state index in [1.807, 2.05) is 37.3 Å². The molecule has 8 nitrogen and oxygen atoms in total. The highest BCUT2D eigenvalue weighted by Crippen LogP contribution is 2.35. The van der Waals surface area contributed by atoms with Crippen LogP contribution in [0.25, 0.3) is 0 Å². The number of carbonyl (C=O) groups is 1. The van der Waals surface area contributed by atoms with E-state index in [0.717, 1.165) is 10.0 Å². The summed E-state index contributed by atoms with van der Waals surface area (Å²) in [6, 6.07) is 12.6. The molecule has 1 unspecified atom stereocenters. The van der Waals surface area contributed by atoms with Crippen LogP contribution < -0.4 is 10.6 Å². The number of amides is 1. The molecule has 0 aliphatic carbocycles. The molecule has 0 fully saturated rings. The summed E-state index contributed by atoms with van der Waals surface area (Å²) >= 11 is 3.43. The molecule has 1 aliphatic rings. The number of allylic oxidation sites excluding steroid dienone is 1. The van der Waals surface area contributed by atoms with Crippen LogP contribution in [0.5, 0.6) is 0 Å². The molecule has 0 saturated carbocycles. The number of aromatic nitrogens is 5. The minimum atomic E-state index is -0.446. The van der Waals surface area contributed by atoms with Crippen molar-refractivity contribution in [1.29, 1.82) is 0 Å². The Morgan fingerprint density at radius 2 is 2.04 bits per heavy atom. The van der Waals surface area contributed by atoms with Gasteiger partial charge >= 0.3 is 0 Å². The minimum Gasteiger partial charge on any atom is -0.326 e. The van der Waals surface area contributed by atoms with Gasteiger partial charge in [-0.05, 0) is 47.2 Å². The second-order valence-electron chi connectivity index (χ2n) is 5.73. The first-order chi connectivity index (χ1) is 12.6. The van der Waals surface area contributed by atoms with Gasteiger partial charge in [-0.25, -0.2) is 4.98 Å². The van der Waals surface area contributed by atoms with Gasteiger partial charge in [0.15, 0.2) is 0 Å². The molecular formula is C17H14BrN7O. The van der Waals surface area contributed by atoms with E-state index in [1.54, 1.807) is 23.0 Å². The number of anilines is 2. The van der Waals surface area contributed by atoms with Crippen molar-refractivity contribution in [2.75, 3.05) is 10.6 Å². The predicted octanol–water partition coefficient (Wildman–Crippen LogP) is 2.76. The Bertz CT molecular complexity index is 982. The third-order valence-electron chi connectivity index (χ3n) is 4.05. The zero-order valence-corrected chi connectivity index (χ0v) is 15.3. The molecule has 1 aromatic carbocycles. The molecule has 1 aliphatic heterocycles. The molecule has 3 aromatic rings. The normalized spacial score (nSPS) is 16.0. The van der Waals surface area contributed by atoms with Gasteiger partial charge < -0.3 is 10.6 Å². The smallest absolute Gasteiger partial charge is 0.257 e. The van der Waals surface area contributed by atoms with Crippen molar-refractivity contribution in [2.24, 2.45) is 0 Å². The van der Waals surface area contributed by atoms with Crippen molar-refractivity contribution in [3.63, 3.8) is 0 Å². The van der Waals surface area contributed by atoms with Gasteiger partial charge in [0.2, 0.25) is 5.95 Å². The zero-order chi connectivity index (χ0) is 18.1. The number of tetrazole rings is 1. The number of benzene rings is 1. The minimum absolute atomic E-state index is 0.261. The molecule has 130 valence electrons. The number of hydrogen-bond acceptors (Lipinski definition) is 6. The average Bonchev–Trinajstić information content (AvgIpc) is 3.10. The van der Waals surface area contributed by atoms with Gasteiger partial charge in [0.1, 0.15) is 11.9 Å². The molecule has 0 radical (unpaired) electrons. The molecule has 0 saturated heterocycles. The third kappa shape index (κ3) is 2.97. The van der Waals surface area contributed by atoms with E-state index in [2.05, 4.69) is 47.1 Å². The van der Waals surface area contributed by atoms with Crippen LogP contribution in [0, 0.1) is 0 Å². The van der Waals surface area contributed by atoms with Crippen LogP contribution in [0.3, 0.4) is 0 Å². The number of nitrogens with one attached hydrogen (secondary N) is 2. The Morgan fingerprint density at radius 3 is 2.77 bits per heavy atom. The Balaban J connectivity index is 1.77. The Labute approximate surface area is 157 Å². The largest absolute Gasteiger partial charge is 0.326 e. The lowest BCUT2D eigenvalue weighted by Crippen LogP contribution is -2.31. The highest BCUT2D eigenvalue weighted by Gasteiger charge is 2.34. The van der Waals surface area contributed by atoms with E-state index in [0.29, 0.717) is 23.0 Å². The summed E-state index contributed by atoms with van der Waals surface area (Å²) in [6.07, 6.45) is 1.63. The number of carbonyl (C=O) groups excluding carboxylic acids is 1. The number of hydrogen-bond donors (Lipinski definition) is 2. The molecule has 0 bridgehead atoms. The van der Waals surface area contributed by atoms with E-state index < -0.39 is 6.04 Å². The van der Waals surface area contributed by atoms with Crippen molar-refractivity contribution in [2.45, 2.75) is 13.0 Å². The van der Waals surface area contributed by atoms with Gasteiger partial charge in [0.05, 0.1) is 5.57 Å². The molecule has 1 amide bonds. The lowest BCUT2D eigenvalue weighted by Gasteiger charge is -2.27. The maximum absolute atomic E-state index is 13.0. The lowest BCUT2D eigenvalue weighted by atomic mass is 9.95. The summed E-state index contributed by atoms with van der Waals surface area (Å²) in [5.41, 5.74) is 2.11. The van der Waals surface area contributed by atoms with E-state index >= 15 is 0 Å².